The summed E-state index contributed by atoms with van der Waals surface area (Å²) in [4.78, 5) is 12.1. The molecule has 0 amide bonds. The minimum absolute atomic E-state index is 0.0680. The summed E-state index contributed by atoms with van der Waals surface area (Å²) in [6.45, 7) is 1.82. The number of nitrogens with two attached hydrogens (primary N) is 1. The third-order valence-corrected chi connectivity index (χ3v) is 4.11. The molecule has 1 unspecified atom stereocenters. The zero-order chi connectivity index (χ0) is 12.6. The Balaban J connectivity index is 2.10. The van der Waals surface area contributed by atoms with Crippen LogP contribution in [-0.4, -0.2) is 11.3 Å². The molecule has 1 aliphatic rings. The third-order valence-electron chi connectivity index (χ3n) is 3.37. The number of carbonyl (C=O) groups excluding carboxylic acids is 1. The van der Waals surface area contributed by atoms with E-state index in [2.05, 4.69) is 0 Å². The van der Waals surface area contributed by atoms with E-state index in [1.807, 2.05) is 13.0 Å². The van der Waals surface area contributed by atoms with Gasteiger partial charge in [-0.25, -0.2) is 0 Å². The second-order valence-electron chi connectivity index (χ2n) is 4.91. The van der Waals surface area contributed by atoms with E-state index < -0.39 is 5.54 Å². The molecule has 1 aromatic carbocycles. The lowest BCUT2D eigenvalue weighted by molar-refractivity contribution is -0.123. The molecule has 4 heteroatoms. The molecule has 17 heavy (non-hydrogen) atoms. The van der Waals surface area contributed by atoms with Gasteiger partial charge in [0.2, 0.25) is 0 Å². The lowest BCUT2D eigenvalue weighted by atomic mass is 9.88. The van der Waals surface area contributed by atoms with Crippen LogP contribution in [0.25, 0.3) is 0 Å². The van der Waals surface area contributed by atoms with E-state index in [0.717, 1.165) is 18.4 Å². The van der Waals surface area contributed by atoms with Gasteiger partial charge in [0.1, 0.15) is 0 Å². The maximum absolute atomic E-state index is 12.1. The van der Waals surface area contributed by atoms with Crippen LogP contribution in [0.5, 0.6) is 0 Å². The molecule has 0 heterocycles. The highest BCUT2D eigenvalue weighted by atomic mass is 35.5. The van der Waals surface area contributed by atoms with E-state index >= 15 is 0 Å². The molecule has 92 valence electrons. The van der Waals surface area contributed by atoms with E-state index in [-0.39, 0.29) is 5.78 Å². The van der Waals surface area contributed by atoms with Crippen molar-refractivity contribution in [2.75, 3.05) is 0 Å². The largest absolute Gasteiger partial charge is 0.319 e. The van der Waals surface area contributed by atoms with Crippen molar-refractivity contribution >= 4 is 29.0 Å². The fourth-order valence-electron chi connectivity index (χ4n) is 1.94. The van der Waals surface area contributed by atoms with Crippen LogP contribution in [0.2, 0.25) is 10.0 Å². The molecule has 2 N–H and O–H groups in total. The number of ketones is 1. The third kappa shape index (κ3) is 2.82. The Kier molecular flexibility index (Phi) is 3.48. The zero-order valence-corrected chi connectivity index (χ0v) is 11.2. The van der Waals surface area contributed by atoms with Gasteiger partial charge in [0.15, 0.2) is 5.78 Å². The van der Waals surface area contributed by atoms with E-state index in [9.17, 15) is 4.79 Å². The van der Waals surface area contributed by atoms with E-state index in [1.54, 1.807) is 12.1 Å². The number of Topliss-reactive ketones (excluding diaryl/α,β-unsaturated/α-hetero) is 1. The van der Waals surface area contributed by atoms with Crippen LogP contribution in [0.3, 0.4) is 0 Å². The van der Waals surface area contributed by atoms with Crippen molar-refractivity contribution in [3.63, 3.8) is 0 Å². The fourth-order valence-corrected chi connectivity index (χ4v) is 2.26. The average molecular weight is 272 g/mol. The molecule has 0 aromatic heterocycles. The Bertz CT molecular complexity index is 453. The molecule has 2 rings (SSSR count). The van der Waals surface area contributed by atoms with Gasteiger partial charge in [0, 0.05) is 6.42 Å². The summed E-state index contributed by atoms with van der Waals surface area (Å²) in [5.41, 5.74) is 6.23. The summed E-state index contributed by atoms with van der Waals surface area (Å²) in [5.74, 6) is 0.413. The predicted molar refractivity (Wildman–Crippen MR) is 70.5 cm³/mol. The molecule has 0 bridgehead atoms. The molecule has 0 radical (unpaired) electrons. The highest BCUT2D eigenvalue weighted by Crippen LogP contribution is 2.39. The summed E-state index contributed by atoms with van der Waals surface area (Å²) in [6.07, 6.45) is 2.43. The Labute approximate surface area is 111 Å². The van der Waals surface area contributed by atoms with Crippen molar-refractivity contribution in [3.05, 3.63) is 33.8 Å². The van der Waals surface area contributed by atoms with Crippen LogP contribution in [0, 0.1) is 5.92 Å². The van der Waals surface area contributed by atoms with Crippen molar-refractivity contribution in [3.8, 4) is 0 Å². The Hall–Kier alpha value is -0.570. The van der Waals surface area contributed by atoms with Crippen molar-refractivity contribution in [1.82, 2.24) is 0 Å². The SMILES string of the molecule is CC(N)(C(=O)Cc1ccc(Cl)c(Cl)c1)C1CC1. The first kappa shape index (κ1) is 12.9. The molecule has 0 aliphatic heterocycles. The quantitative estimate of drug-likeness (QED) is 0.914. The highest BCUT2D eigenvalue weighted by molar-refractivity contribution is 6.42. The Morgan fingerprint density at radius 1 is 1.41 bits per heavy atom. The molecule has 1 saturated carbocycles. The standard InChI is InChI=1S/C13H15Cl2NO/c1-13(16,9-3-4-9)12(17)7-8-2-5-10(14)11(15)6-8/h2,5-6,9H,3-4,7,16H2,1H3. The van der Waals surface area contributed by atoms with Crippen LogP contribution >= 0.6 is 23.2 Å². The van der Waals surface area contributed by atoms with Gasteiger partial charge in [-0.1, -0.05) is 29.3 Å². The second kappa shape index (κ2) is 4.60. The zero-order valence-electron chi connectivity index (χ0n) is 9.67. The molecule has 1 aliphatic carbocycles. The Morgan fingerprint density at radius 2 is 2.06 bits per heavy atom. The lowest BCUT2D eigenvalue weighted by Gasteiger charge is -2.22. The van der Waals surface area contributed by atoms with Gasteiger partial charge in [0.25, 0.3) is 0 Å². The number of hydrogen-bond acceptors (Lipinski definition) is 2. The van der Waals surface area contributed by atoms with Crippen LogP contribution in [-0.2, 0) is 11.2 Å². The minimum Gasteiger partial charge on any atom is -0.319 e. The first-order valence-electron chi connectivity index (χ1n) is 5.67. The topological polar surface area (TPSA) is 43.1 Å². The van der Waals surface area contributed by atoms with Crippen molar-refractivity contribution < 1.29 is 4.79 Å². The van der Waals surface area contributed by atoms with E-state index in [0.29, 0.717) is 22.4 Å². The van der Waals surface area contributed by atoms with Gasteiger partial charge in [-0.05, 0) is 43.4 Å². The van der Waals surface area contributed by atoms with Gasteiger partial charge in [-0.3, -0.25) is 4.79 Å². The summed E-state index contributed by atoms with van der Waals surface area (Å²) < 4.78 is 0. The molecule has 0 saturated heterocycles. The number of benzene rings is 1. The molecule has 2 nitrogen and oxygen atoms in total. The monoisotopic (exact) mass is 271 g/mol. The van der Waals surface area contributed by atoms with E-state index in [1.165, 1.54) is 0 Å². The Morgan fingerprint density at radius 3 is 2.59 bits per heavy atom. The van der Waals surface area contributed by atoms with Crippen molar-refractivity contribution in [2.45, 2.75) is 31.7 Å². The second-order valence-corrected chi connectivity index (χ2v) is 5.72. The molecular weight excluding hydrogens is 257 g/mol. The van der Waals surface area contributed by atoms with Crippen molar-refractivity contribution in [2.24, 2.45) is 11.7 Å². The van der Waals surface area contributed by atoms with Gasteiger partial charge < -0.3 is 5.73 Å². The summed E-state index contributed by atoms with van der Waals surface area (Å²) in [6, 6.07) is 5.25. The average Bonchev–Trinajstić information content (AvgIpc) is 3.07. The lowest BCUT2D eigenvalue weighted by Crippen LogP contribution is -2.47. The molecule has 1 fully saturated rings. The van der Waals surface area contributed by atoms with Crippen LogP contribution in [0.1, 0.15) is 25.3 Å². The maximum Gasteiger partial charge on any atom is 0.156 e. The van der Waals surface area contributed by atoms with Gasteiger partial charge in [-0.15, -0.1) is 0 Å². The molecule has 0 spiro atoms. The molecular formula is C13H15Cl2NO. The molecule has 1 aromatic rings. The van der Waals surface area contributed by atoms with Crippen LogP contribution in [0.4, 0.5) is 0 Å². The fraction of sp³-hybridized carbons (Fsp3) is 0.462. The number of carbonyl (C=O) groups is 1. The normalized spacial score (nSPS) is 18.8. The first-order valence-corrected chi connectivity index (χ1v) is 6.43. The summed E-state index contributed by atoms with van der Waals surface area (Å²) in [5, 5.41) is 0.975. The highest BCUT2D eigenvalue weighted by Gasteiger charge is 2.43. The van der Waals surface area contributed by atoms with Crippen LogP contribution < -0.4 is 5.73 Å². The van der Waals surface area contributed by atoms with E-state index in [4.69, 9.17) is 28.9 Å². The number of halogens is 2. The summed E-state index contributed by atoms with van der Waals surface area (Å²) >= 11 is 11.7. The van der Waals surface area contributed by atoms with Gasteiger partial charge in [-0.2, -0.15) is 0 Å². The molecule has 1 atom stereocenters. The predicted octanol–water partition coefficient (Wildman–Crippen LogP) is 3.23. The minimum atomic E-state index is -0.702. The first-order chi connectivity index (χ1) is 7.91. The number of hydrogen-bond donors (Lipinski definition) is 1. The van der Waals surface area contributed by atoms with Crippen LogP contribution in [0.15, 0.2) is 18.2 Å². The summed E-state index contributed by atoms with van der Waals surface area (Å²) in [7, 11) is 0. The smallest absolute Gasteiger partial charge is 0.156 e. The van der Waals surface area contributed by atoms with Crippen molar-refractivity contribution in [1.29, 1.82) is 0 Å². The number of rotatable bonds is 4. The maximum atomic E-state index is 12.1. The van der Waals surface area contributed by atoms with Gasteiger partial charge >= 0.3 is 0 Å². The van der Waals surface area contributed by atoms with Gasteiger partial charge in [0.05, 0.1) is 15.6 Å².